The number of nitrogens with two attached hydrogens (primary N) is 1. The average molecular weight is 416 g/mol. The molecule has 0 amide bonds. The van der Waals surface area contributed by atoms with Crippen LogP contribution in [0.3, 0.4) is 0 Å². The lowest BCUT2D eigenvalue weighted by Gasteiger charge is -2.16. The molecule has 1 saturated heterocycles. The largest absolute Gasteiger partial charge is 0.399 e. The van der Waals surface area contributed by atoms with Crippen LogP contribution < -0.4 is 5.73 Å². The molecule has 3 aromatic carbocycles. The van der Waals surface area contributed by atoms with Gasteiger partial charge in [0.1, 0.15) is 5.82 Å². The van der Waals surface area contributed by atoms with Crippen LogP contribution in [0, 0.1) is 0 Å². The van der Waals surface area contributed by atoms with E-state index in [0.717, 1.165) is 41.0 Å². The molecule has 1 aliphatic carbocycles. The van der Waals surface area contributed by atoms with Gasteiger partial charge in [-0.05, 0) is 79.0 Å². The second kappa shape index (κ2) is 6.37. The van der Waals surface area contributed by atoms with Crippen molar-refractivity contribution < 1.29 is 8.78 Å². The maximum absolute atomic E-state index is 15.2. The zero-order valence-corrected chi connectivity index (χ0v) is 17.1. The van der Waals surface area contributed by atoms with E-state index in [9.17, 15) is 0 Å². The van der Waals surface area contributed by atoms with Crippen molar-refractivity contribution in [1.29, 1.82) is 0 Å². The Kier molecular flexibility index (Phi) is 3.81. The van der Waals surface area contributed by atoms with Crippen molar-refractivity contribution in [2.75, 3.05) is 19.3 Å². The van der Waals surface area contributed by atoms with Crippen molar-refractivity contribution in [3.63, 3.8) is 0 Å². The molecule has 156 valence electrons. The fraction of sp³-hybridized carbons (Fsp3) is 0.240. The van der Waals surface area contributed by atoms with Gasteiger partial charge in [-0.25, -0.2) is 4.98 Å². The molecule has 0 radical (unpaired) electrons. The van der Waals surface area contributed by atoms with E-state index in [0.29, 0.717) is 22.9 Å². The van der Waals surface area contributed by atoms with Crippen molar-refractivity contribution in [2.24, 2.45) is 0 Å². The molecule has 1 aliphatic heterocycles. The number of nitrogen functional groups attached to an aromatic ring is 1. The molecule has 4 aromatic rings. The number of hydrogen-bond acceptors (Lipinski definition) is 3. The van der Waals surface area contributed by atoms with Crippen LogP contribution in [-0.4, -0.2) is 28.5 Å². The zero-order valence-electron chi connectivity index (χ0n) is 17.1. The van der Waals surface area contributed by atoms with Crippen molar-refractivity contribution >= 4 is 16.7 Å². The number of imidazole rings is 1. The quantitative estimate of drug-likeness (QED) is 0.412. The van der Waals surface area contributed by atoms with E-state index in [1.54, 1.807) is 24.3 Å². The van der Waals surface area contributed by atoms with Crippen LogP contribution >= 0.6 is 0 Å². The highest BCUT2D eigenvalue weighted by molar-refractivity contribution is 5.86. The predicted molar refractivity (Wildman–Crippen MR) is 119 cm³/mol. The lowest BCUT2D eigenvalue weighted by molar-refractivity contribution is 0.0481. The first-order valence-electron chi connectivity index (χ1n) is 10.5. The van der Waals surface area contributed by atoms with Gasteiger partial charge in [-0.3, -0.25) is 4.90 Å². The second-order valence-electron chi connectivity index (χ2n) is 8.63. The molecular formula is C25H22F2N4. The van der Waals surface area contributed by atoms with Crippen molar-refractivity contribution in [3.05, 3.63) is 71.5 Å². The summed E-state index contributed by atoms with van der Waals surface area (Å²) in [6, 6.07) is 16.3. The molecule has 0 saturated carbocycles. The Bertz CT molecular complexity index is 1340. The van der Waals surface area contributed by atoms with Gasteiger partial charge in [0.2, 0.25) is 0 Å². The molecule has 6 heteroatoms. The standard InChI is InChI=1S/C25H22F2N4/c1-31-10-2-3-23(31)24-29-21-9-5-15(12-22(21)30-24)14-4-7-17-18-8-6-16(28)13-20(18)25(26,27)19(17)11-14/h4-9,11-13,23H,2-3,10,28H2,1H3,(H,29,30). The van der Waals surface area contributed by atoms with Gasteiger partial charge in [-0.2, -0.15) is 8.78 Å². The number of hydrogen-bond donors (Lipinski definition) is 2. The smallest absolute Gasteiger partial charge is 0.299 e. The van der Waals surface area contributed by atoms with Gasteiger partial charge in [0.15, 0.2) is 0 Å². The van der Waals surface area contributed by atoms with Crippen LogP contribution in [0.2, 0.25) is 0 Å². The number of aromatic nitrogens is 2. The number of anilines is 1. The van der Waals surface area contributed by atoms with E-state index < -0.39 is 5.92 Å². The first kappa shape index (κ1) is 18.5. The Morgan fingerprint density at radius 2 is 1.71 bits per heavy atom. The maximum Gasteiger partial charge on any atom is 0.299 e. The Morgan fingerprint density at radius 1 is 1.00 bits per heavy atom. The van der Waals surface area contributed by atoms with E-state index in [-0.39, 0.29) is 11.1 Å². The third-order valence-electron chi connectivity index (χ3n) is 6.70. The number of H-pyrrole nitrogens is 1. The molecule has 1 atom stereocenters. The highest BCUT2D eigenvalue weighted by Gasteiger charge is 2.44. The minimum Gasteiger partial charge on any atom is -0.399 e. The molecule has 4 nitrogen and oxygen atoms in total. The number of alkyl halides is 2. The van der Waals surface area contributed by atoms with Crippen LogP contribution in [0.15, 0.2) is 54.6 Å². The lowest BCUT2D eigenvalue weighted by atomic mass is 9.98. The van der Waals surface area contributed by atoms with E-state index in [1.165, 1.54) is 12.5 Å². The molecule has 2 aliphatic rings. The molecule has 0 bridgehead atoms. The van der Waals surface area contributed by atoms with E-state index in [4.69, 9.17) is 10.7 Å². The first-order chi connectivity index (χ1) is 14.9. The number of fused-ring (bicyclic) bond motifs is 4. The number of rotatable bonds is 2. The van der Waals surface area contributed by atoms with Crippen molar-refractivity contribution in [3.8, 4) is 22.3 Å². The Hall–Kier alpha value is -3.25. The molecule has 1 unspecified atom stereocenters. The fourth-order valence-electron chi connectivity index (χ4n) is 5.04. The summed E-state index contributed by atoms with van der Waals surface area (Å²) in [5.74, 6) is -2.09. The molecule has 1 fully saturated rings. The fourth-order valence-corrected chi connectivity index (χ4v) is 5.04. The summed E-state index contributed by atoms with van der Waals surface area (Å²) in [6.45, 7) is 1.07. The number of halogens is 2. The van der Waals surface area contributed by atoms with Gasteiger partial charge >= 0.3 is 0 Å². The number of aromatic amines is 1. The molecule has 6 rings (SSSR count). The predicted octanol–water partition coefficient (Wildman–Crippen LogP) is 5.70. The highest BCUT2D eigenvalue weighted by Crippen LogP contribution is 2.52. The van der Waals surface area contributed by atoms with Gasteiger partial charge < -0.3 is 10.7 Å². The normalized spacial score (nSPS) is 19.6. The van der Waals surface area contributed by atoms with Gasteiger partial charge in [0, 0.05) is 16.8 Å². The van der Waals surface area contributed by atoms with Crippen molar-refractivity contribution in [1.82, 2.24) is 14.9 Å². The Balaban J connectivity index is 1.42. The number of nitrogens with zero attached hydrogens (tertiary/aromatic N) is 2. The van der Waals surface area contributed by atoms with Gasteiger partial charge in [0.25, 0.3) is 5.92 Å². The van der Waals surface area contributed by atoms with E-state index >= 15 is 8.78 Å². The lowest BCUT2D eigenvalue weighted by Crippen LogP contribution is -2.18. The van der Waals surface area contributed by atoms with Crippen LogP contribution in [-0.2, 0) is 5.92 Å². The summed E-state index contributed by atoms with van der Waals surface area (Å²) < 4.78 is 30.4. The van der Waals surface area contributed by atoms with Crippen molar-refractivity contribution in [2.45, 2.75) is 24.8 Å². The molecule has 2 heterocycles. The average Bonchev–Trinajstić information content (AvgIpc) is 3.42. The van der Waals surface area contributed by atoms with E-state index in [1.807, 2.05) is 24.3 Å². The second-order valence-corrected chi connectivity index (χ2v) is 8.63. The number of benzene rings is 3. The summed E-state index contributed by atoms with van der Waals surface area (Å²) in [4.78, 5) is 10.5. The summed E-state index contributed by atoms with van der Waals surface area (Å²) in [5, 5.41) is 0. The van der Waals surface area contributed by atoms with Crippen LogP contribution in [0.1, 0.15) is 35.8 Å². The van der Waals surface area contributed by atoms with Gasteiger partial charge in [-0.1, -0.05) is 24.3 Å². The topological polar surface area (TPSA) is 57.9 Å². The summed E-state index contributed by atoms with van der Waals surface area (Å²) in [5.41, 5.74) is 10.7. The van der Waals surface area contributed by atoms with Crippen LogP contribution in [0.5, 0.6) is 0 Å². The van der Waals surface area contributed by atoms with Gasteiger partial charge in [0.05, 0.1) is 17.1 Å². The zero-order chi connectivity index (χ0) is 21.3. The van der Waals surface area contributed by atoms with E-state index in [2.05, 4.69) is 16.9 Å². The Morgan fingerprint density at radius 3 is 2.48 bits per heavy atom. The van der Waals surface area contributed by atoms with Gasteiger partial charge in [-0.15, -0.1) is 0 Å². The molecule has 31 heavy (non-hydrogen) atoms. The number of nitrogens with one attached hydrogen (secondary N) is 1. The third kappa shape index (κ3) is 2.71. The molecular weight excluding hydrogens is 394 g/mol. The molecule has 3 N–H and O–H groups in total. The monoisotopic (exact) mass is 416 g/mol. The molecule has 1 aromatic heterocycles. The minimum absolute atomic E-state index is 0.0194. The van der Waals surface area contributed by atoms with Crippen LogP contribution in [0.25, 0.3) is 33.3 Å². The first-order valence-corrected chi connectivity index (χ1v) is 10.5. The summed E-state index contributed by atoms with van der Waals surface area (Å²) in [7, 11) is 2.12. The maximum atomic E-state index is 15.2. The minimum atomic E-state index is -3.06. The SMILES string of the molecule is CN1CCCC1c1nc2ccc(-c3ccc4c(c3)C(F)(F)c3cc(N)ccc3-4)cc2[nH]1. The van der Waals surface area contributed by atoms with Crippen LogP contribution in [0.4, 0.5) is 14.5 Å². The number of likely N-dealkylation sites (tertiary alicyclic amines) is 1. The summed E-state index contributed by atoms with van der Waals surface area (Å²) >= 11 is 0. The Labute approximate surface area is 178 Å². The third-order valence-corrected chi connectivity index (χ3v) is 6.70. The highest BCUT2D eigenvalue weighted by atomic mass is 19.3. The summed E-state index contributed by atoms with van der Waals surface area (Å²) in [6.07, 6.45) is 2.26. The molecule has 0 spiro atoms.